The van der Waals surface area contributed by atoms with E-state index in [9.17, 15) is 13.6 Å². The maximum atomic E-state index is 12.4. The van der Waals surface area contributed by atoms with Crippen molar-refractivity contribution in [3.63, 3.8) is 0 Å². The number of ether oxygens (including phenoxy) is 1. The molecule has 3 rings (SSSR count). The third-order valence-corrected chi connectivity index (χ3v) is 4.93. The van der Waals surface area contributed by atoms with Gasteiger partial charge >= 0.3 is 6.61 Å². The first-order chi connectivity index (χ1) is 11.6. The molecular weight excluding hydrogens is 354 g/mol. The van der Waals surface area contributed by atoms with E-state index < -0.39 is 6.61 Å². The molecule has 2 heterocycles. The quantitative estimate of drug-likeness (QED) is 0.691. The molecule has 3 aromatic rings. The highest BCUT2D eigenvalue weighted by Gasteiger charge is 2.13. The standard InChI is InChI=1S/C16H12F2N2O2S2/c17-16(18)22-12-5-2-1-4-11(12)20-14(21)8-10-9-24-15(19-10)13-6-3-7-23-13/h1-7,9,16H,8H2,(H,20,21). The first-order valence-electron chi connectivity index (χ1n) is 6.94. The van der Waals surface area contributed by atoms with Crippen molar-refractivity contribution in [1.82, 2.24) is 4.98 Å². The maximum Gasteiger partial charge on any atom is 0.387 e. The largest absolute Gasteiger partial charge is 0.433 e. The van der Waals surface area contributed by atoms with E-state index in [0.29, 0.717) is 5.69 Å². The van der Waals surface area contributed by atoms with Gasteiger partial charge < -0.3 is 10.1 Å². The summed E-state index contributed by atoms with van der Waals surface area (Å²) in [5.41, 5.74) is 0.838. The Hall–Kier alpha value is -2.32. The van der Waals surface area contributed by atoms with E-state index in [1.165, 1.54) is 23.5 Å². The minimum Gasteiger partial charge on any atom is -0.433 e. The van der Waals surface area contributed by atoms with E-state index in [1.807, 2.05) is 22.9 Å². The van der Waals surface area contributed by atoms with Gasteiger partial charge in [0.1, 0.15) is 10.8 Å². The molecule has 0 saturated heterocycles. The number of carbonyl (C=O) groups excluding carboxylic acids is 1. The van der Waals surface area contributed by atoms with Crippen molar-refractivity contribution >= 4 is 34.3 Å². The second-order valence-corrected chi connectivity index (χ2v) is 6.53. The summed E-state index contributed by atoms with van der Waals surface area (Å²) in [4.78, 5) is 17.6. The molecular formula is C16H12F2N2O2S2. The summed E-state index contributed by atoms with van der Waals surface area (Å²) in [7, 11) is 0. The molecule has 0 aliphatic carbocycles. The van der Waals surface area contributed by atoms with Gasteiger partial charge in [0.15, 0.2) is 0 Å². The molecule has 0 atom stereocenters. The van der Waals surface area contributed by atoms with Crippen molar-refractivity contribution in [2.45, 2.75) is 13.0 Å². The number of thiophene rings is 1. The zero-order valence-corrected chi connectivity index (χ0v) is 13.9. The van der Waals surface area contributed by atoms with Crippen molar-refractivity contribution in [1.29, 1.82) is 0 Å². The van der Waals surface area contributed by atoms with Crippen LogP contribution in [0.5, 0.6) is 5.75 Å². The third kappa shape index (κ3) is 4.15. The molecule has 0 aliphatic heterocycles. The average Bonchev–Trinajstić information content (AvgIpc) is 3.19. The molecule has 2 aromatic heterocycles. The number of nitrogens with one attached hydrogen (secondary N) is 1. The van der Waals surface area contributed by atoms with E-state index in [2.05, 4.69) is 15.0 Å². The number of alkyl halides is 2. The maximum absolute atomic E-state index is 12.4. The Morgan fingerprint density at radius 2 is 2.04 bits per heavy atom. The van der Waals surface area contributed by atoms with Gasteiger partial charge in [-0.1, -0.05) is 18.2 Å². The molecule has 8 heteroatoms. The SMILES string of the molecule is O=C(Cc1csc(-c2cccs2)n1)Nc1ccccc1OC(F)F. The molecule has 124 valence electrons. The number of halogens is 2. The molecule has 1 N–H and O–H groups in total. The number of hydrogen-bond acceptors (Lipinski definition) is 5. The smallest absolute Gasteiger partial charge is 0.387 e. The van der Waals surface area contributed by atoms with Crippen molar-refractivity contribution in [2.24, 2.45) is 0 Å². The molecule has 0 radical (unpaired) electrons. The van der Waals surface area contributed by atoms with Crippen LogP contribution in [0.3, 0.4) is 0 Å². The zero-order chi connectivity index (χ0) is 16.9. The van der Waals surface area contributed by atoms with Gasteiger partial charge in [0.25, 0.3) is 0 Å². The first kappa shape index (κ1) is 16.5. The minimum atomic E-state index is -2.95. The molecule has 0 saturated carbocycles. The Kier molecular flexibility index (Phi) is 5.17. The van der Waals surface area contributed by atoms with Crippen LogP contribution in [0, 0.1) is 0 Å². The molecule has 4 nitrogen and oxygen atoms in total. The van der Waals surface area contributed by atoms with Gasteiger partial charge in [0.2, 0.25) is 5.91 Å². The summed E-state index contributed by atoms with van der Waals surface area (Å²) in [6.07, 6.45) is 0.0604. The van der Waals surface area contributed by atoms with Crippen molar-refractivity contribution in [3.05, 3.63) is 52.9 Å². The number of nitrogens with zero attached hydrogens (tertiary/aromatic N) is 1. The number of aromatic nitrogens is 1. The van der Waals surface area contributed by atoms with E-state index in [1.54, 1.807) is 23.5 Å². The Bertz CT molecular complexity index is 819. The summed E-state index contributed by atoms with van der Waals surface area (Å²) in [5, 5.41) is 7.21. The predicted molar refractivity (Wildman–Crippen MR) is 90.8 cm³/mol. The summed E-state index contributed by atoms with van der Waals surface area (Å²) in [6, 6.07) is 9.97. The second kappa shape index (κ2) is 7.50. The van der Waals surface area contributed by atoms with Crippen molar-refractivity contribution in [3.8, 4) is 15.6 Å². The molecule has 0 unspecified atom stereocenters. The predicted octanol–water partition coefficient (Wildman–Crippen LogP) is 4.65. The highest BCUT2D eigenvalue weighted by molar-refractivity contribution is 7.20. The van der Waals surface area contributed by atoms with Crippen LogP contribution in [0.25, 0.3) is 9.88 Å². The van der Waals surface area contributed by atoms with Gasteiger partial charge in [-0.25, -0.2) is 4.98 Å². The lowest BCUT2D eigenvalue weighted by Gasteiger charge is -2.11. The molecule has 0 aliphatic rings. The van der Waals surface area contributed by atoms with Crippen LogP contribution in [-0.4, -0.2) is 17.5 Å². The lowest BCUT2D eigenvalue weighted by Crippen LogP contribution is -2.16. The molecule has 0 spiro atoms. The van der Waals surface area contributed by atoms with Crippen LogP contribution in [0.2, 0.25) is 0 Å². The lowest BCUT2D eigenvalue weighted by atomic mass is 10.2. The van der Waals surface area contributed by atoms with Gasteiger partial charge in [-0.05, 0) is 23.6 Å². The summed E-state index contributed by atoms with van der Waals surface area (Å²) < 4.78 is 29.1. The van der Waals surface area contributed by atoms with Crippen LogP contribution in [0.4, 0.5) is 14.5 Å². The monoisotopic (exact) mass is 366 g/mol. The first-order valence-corrected chi connectivity index (χ1v) is 8.70. The molecule has 1 aromatic carbocycles. The number of benzene rings is 1. The average molecular weight is 366 g/mol. The van der Waals surface area contributed by atoms with E-state index >= 15 is 0 Å². The topological polar surface area (TPSA) is 51.2 Å². The number of amides is 1. The Morgan fingerprint density at radius 3 is 2.79 bits per heavy atom. The van der Waals surface area contributed by atoms with Gasteiger partial charge in [-0.3, -0.25) is 4.79 Å². The number of thiazole rings is 1. The Labute approximate surface area is 144 Å². The molecule has 24 heavy (non-hydrogen) atoms. The normalized spacial score (nSPS) is 10.8. The molecule has 0 fully saturated rings. The van der Waals surface area contributed by atoms with Crippen LogP contribution in [0.1, 0.15) is 5.69 Å². The number of rotatable bonds is 6. The fourth-order valence-electron chi connectivity index (χ4n) is 2.03. The fourth-order valence-corrected chi connectivity index (χ4v) is 3.66. The van der Waals surface area contributed by atoms with Gasteiger partial charge in [0.05, 0.1) is 22.7 Å². The van der Waals surface area contributed by atoms with E-state index in [-0.39, 0.29) is 23.8 Å². The number of hydrogen-bond donors (Lipinski definition) is 1. The van der Waals surface area contributed by atoms with E-state index in [0.717, 1.165) is 9.88 Å². The van der Waals surface area contributed by atoms with Crippen molar-refractivity contribution < 1.29 is 18.3 Å². The van der Waals surface area contributed by atoms with Crippen molar-refractivity contribution in [2.75, 3.05) is 5.32 Å². The number of para-hydroxylation sites is 2. The molecule has 1 amide bonds. The summed E-state index contributed by atoms with van der Waals surface area (Å²) in [6.45, 7) is -2.95. The van der Waals surface area contributed by atoms with Gasteiger partial charge in [0, 0.05) is 5.38 Å². The minimum absolute atomic E-state index is 0.0604. The Morgan fingerprint density at radius 1 is 1.21 bits per heavy atom. The van der Waals surface area contributed by atoms with Crippen LogP contribution >= 0.6 is 22.7 Å². The zero-order valence-electron chi connectivity index (χ0n) is 12.2. The number of anilines is 1. The number of carbonyl (C=O) groups is 1. The van der Waals surface area contributed by atoms with E-state index in [4.69, 9.17) is 0 Å². The highest BCUT2D eigenvalue weighted by atomic mass is 32.1. The van der Waals surface area contributed by atoms with Gasteiger partial charge in [-0.2, -0.15) is 8.78 Å². The van der Waals surface area contributed by atoms with Crippen LogP contribution in [-0.2, 0) is 11.2 Å². The lowest BCUT2D eigenvalue weighted by molar-refractivity contribution is -0.115. The van der Waals surface area contributed by atoms with Crippen LogP contribution < -0.4 is 10.1 Å². The highest BCUT2D eigenvalue weighted by Crippen LogP contribution is 2.28. The molecule has 0 bridgehead atoms. The second-order valence-electron chi connectivity index (χ2n) is 4.72. The summed E-state index contributed by atoms with van der Waals surface area (Å²) >= 11 is 3.04. The Balaban J connectivity index is 1.66. The fraction of sp³-hybridized carbons (Fsp3) is 0.125. The van der Waals surface area contributed by atoms with Gasteiger partial charge in [-0.15, -0.1) is 22.7 Å². The van der Waals surface area contributed by atoms with Crippen LogP contribution in [0.15, 0.2) is 47.2 Å². The summed E-state index contributed by atoms with van der Waals surface area (Å²) in [5.74, 6) is -0.415. The third-order valence-electron chi connectivity index (χ3n) is 3.00.